The second-order valence-corrected chi connectivity index (χ2v) is 6.78. The van der Waals surface area contributed by atoms with Crippen molar-refractivity contribution in [3.8, 4) is 22.9 Å². The zero-order chi connectivity index (χ0) is 20.5. The Morgan fingerprint density at radius 2 is 2.04 bits per heavy atom. The van der Waals surface area contributed by atoms with Gasteiger partial charge in [-0.2, -0.15) is 0 Å². The van der Waals surface area contributed by atoms with Crippen LogP contribution in [0.15, 0.2) is 23.0 Å². The van der Waals surface area contributed by atoms with Gasteiger partial charge in [0.05, 0.1) is 13.7 Å². The predicted molar refractivity (Wildman–Crippen MR) is 107 cm³/mol. The summed E-state index contributed by atoms with van der Waals surface area (Å²) in [6.07, 6.45) is 1.36. The lowest BCUT2D eigenvalue weighted by molar-refractivity contribution is -0.121. The van der Waals surface area contributed by atoms with E-state index in [2.05, 4.69) is 34.3 Å². The van der Waals surface area contributed by atoms with Gasteiger partial charge in [-0.15, -0.1) is 10.2 Å². The molecule has 1 amide bonds. The molecule has 0 saturated carbocycles. The first-order chi connectivity index (χ1) is 13.4. The highest BCUT2D eigenvalue weighted by Crippen LogP contribution is 2.30. The van der Waals surface area contributed by atoms with Crippen LogP contribution in [0.4, 0.5) is 0 Å². The Labute approximate surface area is 164 Å². The van der Waals surface area contributed by atoms with Crippen LogP contribution >= 0.6 is 0 Å². The van der Waals surface area contributed by atoms with E-state index in [1.54, 1.807) is 25.3 Å². The van der Waals surface area contributed by atoms with Crippen molar-refractivity contribution in [2.75, 3.05) is 20.3 Å². The molecule has 1 heterocycles. The third-order valence-electron chi connectivity index (χ3n) is 4.13. The molecular weight excluding hydrogens is 360 g/mol. The monoisotopic (exact) mass is 388 g/mol. The van der Waals surface area contributed by atoms with Gasteiger partial charge in [0.15, 0.2) is 17.3 Å². The summed E-state index contributed by atoms with van der Waals surface area (Å²) in [5, 5.41) is 10.9. The van der Waals surface area contributed by atoms with Crippen molar-refractivity contribution in [3.05, 3.63) is 34.2 Å². The molecule has 0 spiro atoms. The molecule has 2 rings (SSSR count). The van der Waals surface area contributed by atoms with E-state index < -0.39 is 0 Å². The van der Waals surface area contributed by atoms with Crippen molar-refractivity contribution >= 4 is 5.91 Å². The number of methoxy groups -OCH3 is 1. The van der Waals surface area contributed by atoms with Crippen LogP contribution in [0.5, 0.6) is 11.5 Å². The molecular formula is C20H28N4O4. The fourth-order valence-electron chi connectivity index (χ4n) is 2.56. The summed E-state index contributed by atoms with van der Waals surface area (Å²) in [5.41, 5.74) is 0.538. The van der Waals surface area contributed by atoms with Crippen molar-refractivity contribution in [2.45, 2.75) is 40.0 Å². The van der Waals surface area contributed by atoms with E-state index >= 15 is 0 Å². The zero-order valence-corrected chi connectivity index (χ0v) is 16.9. The first-order valence-corrected chi connectivity index (χ1v) is 9.48. The highest BCUT2D eigenvalue weighted by molar-refractivity contribution is 5.76. The minimum Gasteiger partial charge on any atom is -0.493 e. The molecule has 28 heavy (non-hydrogen) atoms. The van der Waals surface area contributed by atoms with Crippen molar-refractivity contribution in [2.24, 2.45) is 5.92 Å². The largest absolute Gasteiger partial charge is 0.493 e. The normalized spacial score (nSPS) is 10.8. The number of nitrogens with one attached hydrogen (secondary N) is 2. The molecule has 0 radical (unpaired) electrons. The van der Waals surface area contributed by atoms with E-state index in [1.807, 2.05) is 6.92 Å². The smallest absolute Gasteiger partial charge is 0.273 e. The number of rotatable bonds is 10. The molecule has 0 aliphatic carbocycles. The fourth-order valence-corrected chi connectivity index (χ4v) is 2.56. The number of carbonyl (C=O) groups is 1. The number of nitrogens with zero attached hydrogens (tertiary/aromatic N) is 2. The average molecular weight is 388 g/mol. The Morgan fingerprint density at radius 3 is 2.68 bits per heavy atom. The van der Waals surface area contributed by atoms with Gasteiger partial charge in [-0.25, -0.2) is 0 Å². The molecule has 0 saturated heterocycles. The van der Waals surface area contributed by atoms with Gasteiger partial charge >= 0.3 is 0 Å². The summed E-state index contributed by atoms with van der Waals surface area (Å²) in [6, 6.07) is 5.26. The molecule has 0 atom stereocenters. The van der Waals surface area contributed by atoms with Crippen molar-refractivity contribution in [1.29, 1.82) is 0 Å². The molecule has 8 heteroatoms. The molecule has 8 nitrogen and oxygen atoms in total. The fraction of sp³-hybridized carbons (Fsp3) is 0.500. The Morgan fingerprint density at radius 1 is 1.25 bits per heavy atom. The Hall–Kier alpha value is -2.90. The number of aromatic amines is 1. The predicted octanol–water partition coefficient (Wildman–Crippen LogP) is 2.33. The van der Waals surface area contributed by atoms with E-state index in [1.165, 1.54) is 0 Å². The van der Waals surface area contributed by atoms with Crippen LogP contribution < -0.4 is 20.3 Å². The Balaban J connectivity index is 2.04. The molecule has 2 aromatic rings. The molecule has 0 unspecified atom stereocenters. The maximum Gasteiger partial charge on any atom is 0.273 e. The summed E-state index contributed by atoms with van der Waals surface area (Å²) < 4.78 is 10.8. The van der Waals surface area contributed by atoms with Gasteiger partial charge in [0.2, 0.25) is 5.91 Å². The number of benzene rings is 1. The van der Waals surface area contributed by atoms with Gasteiger partial charge in [-0.05, 0) is 37.5 Å². The molecule has 0 bridgehead atoms. The number of ether oxygens (including phenoxy) is 2. The van der Waals surface area contributed by atoms with Crippen LogP contribution in [-0.4, -0.2) is 41.3 Å². The first-order valence-electron chi connectivity index (χ1n) is 9.48. The van der Waals surface area contributed by atoms with Crippen molar-refractivity contribution in [3.63, 3.8) is 0 Å². The third kappa shape index (κ3) is 6.07. The maximum atomic E-state index is 12.3. The minimum atomic E-state index is -0.354. The van der Waals surface area contributed by atoms with Gasteiger partial charge in [-0.3, -0.25) is 9.59 Å². The SMILES string of the molecule is CCOc1ccc(-c2nnc(CCC(=O)NCCC(C)C)c(=O)[nH]2)cc1OC. The number of aromatic nitrogens is 3. The van der Waals surface area contributed by atoms with Crippen LogP contribution in [0, 0.1) is 5.92 Å². The number of carbonyl (C=O) groups excluding carboxylic acids is 1. The van der Waals surface area contributed by atoms with Crippen LogP contribution in [0.2, 0.25) is 0 Å². The van der Waals surface area contributed by atoms with Crippen LogP contribution in [-0.2, 0) is 11.2 Å². The zero-order valence-electron chi connectivity index (χ0n) is 16.9. The van der Waals surface area contributed by atoms with Crippen LogP contribution in [0.25, 0.3) is 11.4 Å². The van der Waals surface area contributed by atoms with Crippen LogP contribution in [0.1, 0.15) is 39.3 Å². The first kappa shape index (κ1) is 21.4. The summed E-state index contributed by atoms with van der Waals surface area (Å²) in [4.78, 5) is 26.9. The topological polar surface area (TPSA) is 106 Å². The van der Waals surface area contributed by atoms with E-state index in [0.717, 1.165) is 6.42 Å². The second-order valence-electron chi connectivity index (χ2n) is 6.78. The number of amides is 1. The third-order valence-corrected chi connectivity index (χ3v) is 4.13. The number of hydrogen-bond donors (Lipinski definition) is 2. The van der Waals surface area contributed by atoms with E-state index in [0.29, 0.717) is 42.0 Å². The lowest BCUT2D eigenvalue weighted by atomic mass is 10.1. The molecule has 1 aromatic heterocycles. The quantitative estimate of drug-likeness (QED) is 0.647. The Bertz CT molecular complexity index is 848. The molecule has 152 valence electrons. The number of aryl methyl sites for hydroxylation is 1. The van der Waals surface area contributed by atoms with E-state index in [9.17, 15) is 9.59 Å². The lowest BCUT2D eigenvalue weighted by Crippen LogP contribution is -2.27. The molecule has 2 N–H and O–H groups in total. The van der Waals surface area contributed by atoms with E-state index in [-0.39, 0.29) is 30.0 Å². The van der Waals surface area contributed by atoms with Crippen molar-refractivity contribution in [1.82, 2.24) is 20.5 Å². The maximum absolute atomic E-state index is 12.3. The highest BCUT2D eigenvalue weighted by Gasteiger charge is 2.12. The summed E-state index contributed by atoms with van der Waals surface area (Å²) in [6.45, 7) is 7.24. The standard InChI is InChI=1S/C20H28N4O4/c1-5-28-16-8-6-14(12-17(16)27-4)19-22-20(26)15(23-24-19)7-9-18(25)21-11-10-13(2)3/h6,8,12-13H,5,7,9-11H2,1-4H3,(H,21,25)(H,22,24,26). The van der Waals surface area contributed by atoms with Gasteiger partial charge in [0, 0.05) is 24.9 Å². The van der Waals surface area contributed by atoms with E-state index in [4.69, 9.17) is 9.47 Å². The highest BCUT2D eigenvalue weighted by atomic mass is 16.5. The number of hydrogen-bond acceptors (Lipinski definition) is 6. The summed E-state index contributed by atoms with van der Waals surface area (Å²) in [7, 11) is 1.55. The van der Waals surface area contributed by atoms with Gasteiger partial charge in [-0.1, -0.05) is 13.8 Å². The van der Waals surface area contributed by atoms with Gasteiger partial charge in [0.25, 0.3) is 5.56 Å². The van der Waals surface area contributed by atoms with Crippen molar-refractivity contribution < 1.29 is 14.3 Å². The Kier molecular flexibility index (Phi) is 7.98. The number of H-pyrrole nitrogens is 1. The molecule has 0 fully saturated rings. The molecule has 1 aromatic carbocycles. The molecule has 0 aliphatic rings. The second kappa shape index (κ2) is 10.4. The molecule has 0 aliphatic heterocycles. The van der Waals surface area contributed by atoms with Crippen LogP contribution in [0.3, 0.4) is 0 Å². The van der Waals surface area contributed by atoms with Gasteiger partial charge in [0.1, 0.15) is 5.69 Å². The summed E-state index contributed by atoms with van der Waals surface area (Å²) in [5.74, 6) is 1.93. The lowest BCUT2D eigenvalue weighted by Gasteiger charge is -2.10. The summed E-state index contributed by atoms with van der Waals surface area (Å²) >= 11 is 0. The average Bonchev–Trinajstić information content (AvgIpc) is 2.67. The van der Waals surface area contributed by atoms with Gasteiger partial charge < -0.3 is 19.8 Å². The minimum absolute atomic E-state index is 0.0952.